The molecule has 0 saturated carbocycles. The molecule has 1 N–H and O–H groups in total. The number of amides is 3. The minimum atomic E-state index is -0.518. The molecule has 5 rings (SSSR count). The largest absolute Gasteiger partial charge is 0.344 e. The third-order valence-corrected chi connectivity index (χ3v) is 8.53. The number of benzene rings is 1. The zero-order chi connectivity index (χ0) is 27.4. The number of aryl methyl sites for hydroxylation is 1. The maximum absolute atomic E-state index is 13.7. The van der Waals surface area contributed by atoms with Gasteiger partial charge in [0.15, 0.2) is 0 Å². The Kier molecular flexibility index (Phi) is 8.62. The molecular weight excluding hydrogens is 536 g/mol. The number of thiophene rings is 1. The van der Waals surface area contributed by atoms with E-state index in [-0.39, 0.29) is 24.1 Å². The molecule has 4 heterocycles. The second kappa shape index (κ2) is 12.3. The van der Waals surface area contributed by atoms with Crippen LogP contribution in [0.3, 0.4) is 0 Å². The van der Waals surface area contributed by atoms with Crippen molar-refractivity contribution in [2.24, 2.45) is 0 Å². The molecule has 0 spiro atoms. The minimum Gasteiger partial charge on any atom is -0.344 e. The predicted molar refractivity (Wildman–Crippen MR) is 150 cm³/mol. The standard InChI is InChI=1S/C28H33ClN6O3S/c1-19-30-26-21(18-20-8-3-2-4-9-20)31-27(37)22-10-5-6-15-34(22)25(36)11-7-14-33(16-17-35(26)32-19)28(38)23-12-13-24(29)39-23/h2-4,8-9,12-13,21-22H,5-7,10-11,14-18H2,1H3,(H,31,37)/t21-,22+/m1/s1. The summed E-state index contributed by atoms with van der Waals surface area (Å²) in [6.07, 6.45) is 3.72. The molecule has 206 valence electrons. The second-order valence-electron chi connectivity index (χ2n) is 10.1. The number of nitrogens with zero attached hydrogens (tertiary/aromatic N) is 5. The molecule has 9 nitrogen and oxygen atoms in total. The summed E-state index contributed by atoms with van der Waals surface area (Å²) in [5.74, 6) is 0.924. The molecule has 1 fully saturated rings. The number of aromatic nitrogens is 3. The van der Waals surface area contributed by atoms with E-state index < -0.39 is 12.1 Å². The van der Waals surface area contributed by atoms with Crippen LogP contribution >= 0.6 is 22.9 Å². The van der Waals surface area contributed by atoms with Crippen LogP contribution in [0, 0.1) is 6.92 Å². The number of carbonyl (C=O) groups is 3. The lowest BCUT2D eigenvalue weighted by Gasteiger charge is -2.36. The SMILES string of the molecule is Cc1nc2n(n1)CCN(C(=O)c1ccc(Cl)s1)CCCC(=O)N1CCCC[C@H]1C(=O)N[C@@H]2Cc1ccccc1. The normalized spacial score (nSPS) is 21.1. The average Bonchev–Trinajstić information content (AvgIpc) is 3.54. The van der Waals surface area contributed by atoms with Crippen molar-refractivity contribution in [1.82, 2.24) is 29.9 Å². The number of hydrogen-bond acceptors (Lipinski definition) is 6. The fourth-order valence-electron chi connectivity index (χ4n) is 5.40. The van der Waals surface area contributed by atoms with Gasteiger partial charge in [0.1, 0.15) is 17.7 Å². The third kappa shape index (κ3) is 6.50. The van der Waals surface area contributed by atoms with Crippen molar-refractivity contribution in [1.29, 1.82) is 0 Å². The van der Waals surface area contributed by atoms with Crippen LogP contribution in [0.25, 0.3) is 0 Å². The van der Waals surface area contributed by atoms with E-state index in [0.717, 1.165) is 18.4 Å². The van der Waals surface area contributed by atoms with Crippen molar-refractivity contribution in [3.05, 3.63) is 68.9 Å². The average molecular weight is 569 g/mol. The summed E-state index contributed by atoms with van der Waals surface area (Å²) >= 11 is 7.36. The van der Waals surface area contributed by atoms with Gasteiger partial charge in [-0.1, -0.05) is 41.9 Å². The highest BCUT2D eigenvalue weighted by Gasteiger charge is 2.34. The van der Waals surface area contributed by atoms with Crippen molar-refractivity contribution in [3.8, 4) is 0 Å². The van der Waals surface area contributed by atoms with Gasteiger partial charge in [-0.15, -0.1) is 11.3 Å². The van der Waals surface area contributed by atoms with E-state index in [0.29, 0.717) is 66.3 Å². The molecule has 2 aliphatic heterocycles. The van der Waals surface area contributed by atoms with E-state index in [1.807, 2.05) is 37.3 Å². The highest BCUT2D eigenvalue weighted by atomic mass is 35.5. The van der Waals surface area contributed by atoms with E-state index in [9.17, 15) is 14.4 Å². The number of rotatable bonds is 3. The van der Waals surface area contributed by atoms with Crippen LogP contribution in [0.5, 0.6) is 0 Å². The maximum Gasteiger partial charge on any atom is 0.264 e. The molecule has 0 radical (unpaired) electrons. The highest BCUT2D eigenvalue weighted by molar-refractivity contribution is 7.17. The lowest BCUT2D eigenvalue weighted by atomic mass is 9.99. The van der Waals surface area contributed by atoms with Crippen LogP contribution in [0.1, 0.15) is 65.0 Å². The second-order valence-corrected chi connectivity index (χ2v) is 11.8. The molecule has 2 atom stereocenters. The number of carbonyl (C=O) groups excluding carboxylic acids is 3. The Bertz CT molecular complexity index is 1330. The van der Waals surface area contributed by atoms with Crippen LogP contribution in [-0.4, -0.2) is 68.0 Å². The van der Waals surface area contributed by atoms with Crippen molar-refractivity contribution in [3.63, 3.8) is 0 Å². The van der Waals surface area contributed by atoms with Gasteiger partial charge in [0.05, 0.1) is 21.8 Å². The highest BCUT2D eigenvalue weighted by Crippen LogP contribution is 2.25. The van der Waals surface area contributed by atoms with E-state index in [4.69, 9.17) is 16.6 Å². The molecule has 0 aliphatic carbocycles. The Morgan fingerprint density at radius 1 is 1.05 bits per heavy atom. The van der Waals surface area contributed by atoms with E-state index in [1.165, 1.54) is 11.3 Å². The number of piperidine rings is 1. The summed E-state index contributed by atoms with van der Waals surface area (Å²) in [7, 11) is 0. The molecule has 11 heteroatoms. The monoisotopic (exact) mass is 568 g/mol. The summed E-state index contributed by atoms with van der Waals surface area (Å²) in [5.41, 5.74) is 1.05. The Labute approximate surface area is 237 Å². The fourth-order valence-corrected chi connectivity index (χ4v) is 6.41. The van der Waals surface area contributed by atoms with Crippen LogP contribution in [-0.2, 0) is 22.6 Å². The van der Waals surface area contributed by atoms with Crippen LogP contribution < -0.4 is 5.32 Å². The van der Waals surface area contributed by atoms with Crippen LogP contribution in [0.15, 0.2) is 42.5 Å². The smallest absolute Gasteiger partial charge is 0.264 e. The van der Waals surface area contributed by atoms with Gasteiger partial charge in [-0.25, -0.2) is 9.67 Å². The molecule has 0 unspecified atom stereocenters. The van der Waals surface area contributed by atoms with Gasteiger partial charge in [0.25, 0.3) is 5.91 Å². The van der Waals surface area contributed by atoms with Gasteiger partial charge in [-0.2, -0.15) is 5.10 Å². The first-order valence-electron chi connectivity index (χ1n) is 13.5. The van der Waals surface area contributed by atoms with Crippen LogP contribution in [0.2, 0.25) is 4.34 Å². The Morgan fingerprint density at radius 2 is 1.87 bits per heavy atom. The number of nitrogens with one attached hydrogen (secondary N) is 1. The Balaban J connectivity index is 1.49. The van der Waals surface area contributed by atoms with Gasteiger partial charge in [0, 0.05) is 26.1 Å². The summed E-state index contributed by atoms with van der Waals surface area (Å²) in [4.78, 5) is 49.1. The zero-order valence-corrected chi connectivity index (χ0v) is 23.6. The minimum absolute atomic E-state index is 0.0444. The number of fused-ring (bicyclic) bond motifs is 2. The molecule has 0 bridgehead atoms. The van der Waals surface area contributed by atoms with Gasteiger partial charge < -0.3 is 15.1 Å². The maximum atomic E-state index is 13.7. The van der Waals surface area contributed by atoms with E-state index >= 15 is 0 Å². The Hall–Kier alpha value is -3.24. The molecule has 3 aromatic rings. The van der Waals surface area contributed by atoms with Crippen LogP contribution in [0.4, 0.5) is 0 Å². The van der Waals surface area contributed by atoms with Gasteiger partial charge in [0.2, 0.25) is 11.8 Å². The van der Waals surface area contributed by atoms with E-state index in [1.54, 1.807) is 26.6 Å². The molecular formula is C28H33ClN6O3S. The lowest BCUT2D eigenvalue weighted by Crippen LogP contribution is -2.53. The molecule has 1 aromatic carbocycles. The Morgan fingerprint density at radius 3 is 2.64 bits per heavy atom. The first-order chi connectivity index (χ1) is 18.9. The molecule has 3 amide bonds. The first kappa shape index (κ1) is 27.3. The van der Waals surface area contributed by atoms with E-state index in [2.05, 4.69) is 10.4 Å². The fraction of sp³-hybridized carbons (Fsp3) is 0.464. The molecule has 2 aromatic heterocycles. The van der Waals surface area contributed by atoms with Gasteiger partial charge in [-0.05, 0) is 56.7 Å². The predicted octanol–water partition coefficient (Wildman–Crippen LogP) is 4.02. The molecule has 39 heavy (non-hydrogen) atoms. The van der Waals surface area contributed by atoms with Gasteiger partial charge >= 0.3 is 0 Å². The van der Waals surface area contributed by atoms with Crippen molar-refractivity contribution in [2.75, 3.05) is 19.6 Å². The topological polar surface area (TPSA) is 100 Å². The van der Waals surface area contributed by atoms with Crippen molar-refractivity contribution >= 4 is 40.7 Å². The molecule has 2 aliphatic rings. The third-order valence-electron chi connectivity index (χ3n) is 7.31. The summed E-state index contributed by atoms with van der Waals surface area (Å²) in [6, 6.07) is 12.4. The summed E-state index contributed by atoms with van der Waals surface area (Å²) in [6.45, 7) is 3.60. The summed E-state index contributed by atoms with van der Waals surface area (Å²) in [5, 5.41) is 7.86. The van der Waals surface area contributed by atoms with Gasteiger partial charge in [-0.3, -0.25) is 14.4 Å². The number of halogens is 1. The zero-order valence-electron chi connectivity index (χ0n) is 22.0. The first-order valence-corrected chi connectivity index (χ1v) is 14.7. The van der Waals surface area contributed by atoms with Crippen molar-refractivity contribution < 1.29 is 14.4 Å². The number of hydrogen-bond donors (Lipinski definition) is 1. The molecule has 1 saturated heterocycles. The van der Waals surface area contributed by atoms with Crippen molar-refractivity contribution in [2.45, 2.75) is 64.1 Å². The lowest BCUT2D eigenvalue weighted by molar-refractivity contribution is -0.142. The summed E-state index contributed by atoms with van der Waals surface area (Å²) < 4.78 is 2.36. The quantitative estimate of drug-likeness (QED) is 0.514.